The molecule has 1 fully saturated rings. The van der Waals surface area contributed by atoms with Crippen molar-refractivity contribution in [2.24, 2.45) is 0 Å². The molecule has 1 amide bonds. The number of likely N-dealkylation sites (tertiary alicyclic amines) is 1. The second kappa shape index (κ2) is 5.11. The van der Waals surface area contributed by atoms with Crippen molar-refractivity contribution in [2.75, 3.05) is 6.54 Å². The van der Waals surface area contributed by atoms with Gasteiger partial charge >= 0.3 is 0 Å². The van der Waals surface area contributed by atoms with Gasteiger partial charge in [-0.3, -0.25) is 14.6 Å². The molecule has 1 aliphatic heterocycles. The second-order valence-electron chi connectivity index (χ2n) is 5.37. The zero-order valence-electron chi connectivity index (χ0n) is 11.8. The quantitative estimate of drug-likeness (QED) is 0.922. The maximum Gasteiger partial charge on any atom is 0.272 e. The van der Waals surface area contributed by atoms with E-state index >= 15 is 0 Å². The molecule has 3 rings (SSSR count). The number of hydrogen-bond acceptors (Lipinski definition) is 3. The fourth-order valence-corrected chi connectivity index (χ4v) is 2.88. The highest BCUT2D eigenvalue weighted by atomic mass is 16.2. The molecular formula is C14H19N5O. The summed E-state index contributed by atoms with van der Waals surface area (Å²) in [6.45, 7) is 5.61. The van der Waals surface area contributed by atoms with Gasteiger partial charge in [0.05, 0.1) is 18.3 Å². The van der Waals surface area contributed by atoms with Gasteiger partial charge in [0.2, 0.25) is 0 Å². The van der Waals surface area contributed by atoms with Gasteiger partial charge < -0.3 is 4.90 Å². The number of nitrogens with one attached hydrogen (secondary N) is 1. The smallest absolute Gasteiger partial charge is 0.272 e. The number of aromatic nitrogens is 4. The highest BCUT2D eigenvalue weighted by Gasteiger charge is 2.30. The number of amides is 1. The number of carbonyl (C=O) groups excluding carboxylic acids is 1. The van der Waals surface area contributed by atoms with Crippen LogP contribution in [0, 0.1) is 13.8 Å². The van der Waals surface area contributed by atoms with Crippen molar-refractivity contribution in [3.05, 3.63) is 35.4 Å². The minimum Gasteiger partial charge on any atom is -0.332 e. The summed E-state index contributed by atoms with van der Waals surface area (Å²) < 4.78 is 2.00. The van der Waals surface area contributed by atoms with Crippen molar-refractivity contribution in [3.63, 3.8) is 0 Å². The third-order valence-corrected chi connectivity index (χ3v) is 3.86. The van der Waals surface area contributed by atoms with E-state index in [4.69, 9.17) is 0 Å². The molecule has 0 saturated carbocycles. The lowest BCUT2D eigenvalue weighted by Crippen LogP contribution is -2.38. The van der Waals surface area contributed by atoms with Crippen LogP contribution in [0.15, 0.2) is 18.3 Å². The Labute approximate surface area is 117 Å². The SMILES string of the molecule is Cc1cc(C)n(C[C@H]2CCCN2C(=O)c2ccn[nH]2)n1. The third kappa shape index (κ3) is 2.33. The summed E-state index contributed by atoms with van der Waals surface area (Å²) in [5.74, 6) is 0.0338. The summed E-state index contributed by atoms with van der Waals surface area (Å²) >= 11 is 0. The molecule has 0 bridgehead atoms. The lowest BCUT2D eigenvalue weighted by atomic mass is 10.2. The molecule has 6 nitrogen and oxygen atoms in total. The maximum atomic E-state index is 12.4. The molecule has 106 valence electrons. The fraction of sp³-hybridized carbons (Fsp3) is 0.500. The third-order valence-electron chi connectivity index (χ3n) is 3.86. The molecule has 0 spiro atoms. The fourth-order valence-electron chi connectivity index (χ4n) is 2.88. The first-order valence-electron chi connectivity index (χ1n) is 6.96. The van der Waals surface area contributed by atoms with Crippen LogP contribution in [-0.2, 0) is 6.54 Å². The maximum absolute atomic E-state index is 12.4. The minimum atomic E-state index is 0.0338. The first-order chi connectivity index (χ1) is 9.65. The van der Waals surface area contributed by atoms with E-state index in [1.165, 1.54) is 0 Å². The monoisotopic (exact) mass is 273 g/mol. The summed E-state index contributed by atoms with van der Waals surface area (Å²) in [5, 5.41) is 11.1. The van der Waals surface area contributed by atoms with Gasteiger partial charge in [0.1, 0.15) is 5.69 Å². The standard InChI is InChI=1S/C14H19N5O/c1-10-8-11(2)19(17-10)9-12-4-3-7-18(12)14(20)13-5-6-15-16-13/h5-6,8,12H,3-4,7,9H2,1-2H3,(H,15,16)/t12-/m1/s1. The average molecular weight is 273 g/mol. The van der Waals surface area contributed by atoms with Crippen molar-refractivity contribution >= 4 is 5.91 Å². The van der Waals surface area contributed by atoms with Crippen molar-refractivity contribution in [1.29, 1.82) is 0 Å². The van der Waals surface area contributed by atoms with Crippen LogP contribution in [0.4, 0.5) is 0 Å². The predicted molar refractivity (Wildman–Crippen MR) is 74.3 cm³/mol. The van der Waals surface area contributed by atoms with Crippen LogP contribution in [0.2, 0.25) is 0 Å². The summed E-state index contributed by atoms with van der Waals surface area (Å²) in [6, 6.07) is 4.00. The Kier molecular flexibility index (Phi) is 3.30. The van der Waals surface area contributed by atoms with E-state index in [1.807, 2.05) is 16.5 Å². The number of aryl methyl sites for hydroxylation is 2. The van der Waals surface area contributed by atoms with Gasteiger partial charge in [0.25, 0.3) is 5.91 Å². The summed E-state index contributed by atoms with van der Waals surface area (Å²) in [7, 11) is 0. The molecule has 1 aliphatic rings. The molecule has 0 radical (unpaired) electrons. The van der Waals surface area contributed by atoms with Crippen LogP contribution < -0.4 is 0 Å². The lowest BCUT2D eigenvalue weighted by Gasteiger charge is -2.24. The van der Waals surface area contributed by atoms with E-state index in [2.05, 4.69) is 28.3 Å². The van der Waals surface area contributed by atoms with Crippen LogP contribution in [0.1, 0.15) is 34.7 Å². The Bertz CT molecular complexity index is 601. The number of hydrogen-bond donors (Lipinski definition) is 1. The van der Waals surface area contributed by atoms with E-state index in [0.717, 1.165) is 37.3 Å². The molecule has 0 unspecified atom stereocenters. The highest BCUT2D eigenvalue weighted by Crippen LogP contribution is 2.21. The topological polar surface area (TPSA) is 66.8 Å². The van der Waals surface area contributed by atoms with Gasteiger partial charge in [-0.1, -0.05) is 0 Å². The van der Waals surface area contributed by atoms with E-state index in [9.17, 15) is 4.79 Å². The number of H-pyrrole nitrogens is 1. The molecule has 0 aliphatic carbocycles. The molecule has 6 heteroatoms. The normalized spacial score (nSPS) is 18.7. The molecule has 1 atom stereocenters. The zero-order chi connectivity index (χ0) is 14.1. The van der Waals surface area contributed by atoms with Crippen molar-refractivity contribution < 1.29 is 4.79 Å². The van der Waals surface area contributed by atoms with Gasteiger partial charge in [0.15, 0.2) is 0 Å². The van der Waals surface area contributed by atoms with Crippen molar-refractivity contribution in [1.82, 2.24) is 24.9 Å². The number of carbonyl (C=O) groups is 1. The summed E-state index contributed by atoms with van der Waals surface area (Å²) in [5.41, 5.74) is 2.72. The summed E-state index contributed by atoms with van der Waals surface area (Å²) in [4.78, 5) is 14.4. The van der Waals surface area contributed by atoms with Crippen LogP contribution in [0.25, 0.3) is 0 Å². The molecule has 2 aromatic heterocycles. The van der Waals surface area contributed by atoms with E-state index < -0.39 is 0 Å². The second-order valence-corrected chi connectivity index (χ2v) is 5.37. The van der Waals surface area contributed by atoms with Gasteiger partial charge in [0, 0.05) is 18.4 Å². The molecule has 3 heterocycles. The van der Waals surface area contributed by atoms with E-state index in [-0.39, 0.29) is 11.9 Å². The first kappa shape index (κ1) is 12.9. The Balaban J connectivity index is 1.76. The average Bonchev–Trinajstić information content (AvgIpc) is 3.12. The molecule has 2 aromatic rings. The van der Waals surface area contributed by atoms with Crippen molar-refractivity contribution in [3.8, 4) is 0 Å². The highest BCUT2D eigenvalue weighted by molar-refractivity contribution is 5.92. The van der Waals surface area contributed by atoms with Crippen LogP contribution in [-0.4, -0.2) is 43.4 Å². The lowest BCUT2D eigenvalue weighted by molar-refractivity contribution is 0.0715. The molecule has 20 heavy (non-hydrogen) atoms. The molecule has 1 saturated heterocycles. The van der Waals surface area contributed by atoms with Crippen molar-refractivity contribution in [2.45, 2.75) is 39.3 Å². The van der Waals surface area contributed by atoms with E-state index in [1.54, 1.807) is 12.3 Å². The van der Waals surface area contributed by atoms with Crippen LogP contribution in [0.3, 0.4) is 0 Å². The molecule has 1 N–H and O–H groups in total. The Morgan fingerprint density at radius 1 is 1.50 bits per heavy atom. The number of nitrogens with zero attached hydrogens (tertiary/aromatic N) is 4. The largest absolute Gasteiger partial charge is 0.332 e. The predicted octanol–water partition coefficient (Wildman–Crippen LogP) is 1.53. The minimum absolute atomic E-state index is 0.0338. The number of rotatable bonds is 3. The van der Waals surface area contributed by atoms with Gasteiger partial charge in [-0.05, 0) is 38.8 Å². The van der Waals surface area contributed by atoms with E-state index in [0.29, 0.717) is 5.69 Å². The zero-order valence-corrected chi connectivity index (χ0v) is 11.8. The Hall–Kier alpha value is -2.11. The summed E-state index contributed by atoms with van der Waals surface area (Å²) in [6.07, 6.45) is 3.68. The Morgan fingerprint density at radius 2 is 2.35 bits per heavy atom. The molecular weight excluding hydrogens is 254 g/mol. The molecule has 0 aromatic carbocycles. The first-order valence-corrected chi connectivity index (χ1v) is 6.96. The van der Waals surface area contributed by atoms with Crippen LogP contribution in [0.5, 0.6) is 0 Å². The van der Waals surface area contributed by atoms with Gasteiger partial charge in [-0.15, -0.1) is 0 Å². The van der Waals surface area contributed by atoms with Crippen LogP contribution >= 0.6 is 0 Å². The van der Waals surface area contributed by atoms with Gasteiger partial charge in [-0.25, -0.2) is 0 Å². The Morgan fingerprint density at radius 3 is 3.00 bits per heavy atom. The van der Waals surface area contributed by atoms with Gasteiger partial charge in [-0.2, -0.15) is 10.2 Å². The number of aromatic amines is 1.